The summed E-state index contributed by atoms with van der Waals surface area (Å²) in [4.78, 5) is 23.5. The van der Waals surface area contributed by atoms with Gasteiger partial charge in [0.05, 0.1) is 18.8 Å². The van der Waals surface area contributed by atoms with E-state index in [1.807, 2.05) is 26.8 Å². The first-order chi connectivity index (χ1) is 9.85. The summed E-state index contributed by atoms with van der Waals surface area (Å²) in [5.41, 5.74) is 0.105. The van der Waals surface area contributed by atoms with Crippen LogP contribution in [0, 0.1) is 5.41 Å². The number of rotatable bonds is 7. The number of benzene rings is 1. The number of hydrogen-bond acceptors (Lipinski definition) is 4. The van der Waals surface area contributed by atoms with Gasteiger partial charge in [-0.05, 0) is 18.6 Å². The van der Waals surface area contributed by atoms with Crippen LogP contribution in [0.2, 0.25) is 0 Å². The van der Waals surface area contributed by atoms with E-state index in [9.17, 15) is 9.59 Å². The molecule has 1 rings (SSSR count). The quantitative estimate of drug-likeness (QED) is 0.396. The fraction of sp³-hybridized carbons (Fsp3) is 0.500. The molecule has 0 spiro atoms. The lowest BCUT2D eigenvalue weighted by Gasteiger charge is -2.24. The van der Waals surface area contributed by atoms with E-state index in [2.05, 4.69) is 22.6 Å². The van der Waals surface area contributed by atoms with Gasteiger partial charge in [-0.15, -0.1) is 0 Å². The molecular formula is C16H21IO4. The van der Waals surface area contributed by atoms with Crippen molar-refractivity contribution in [1.29, 1.82) is 0 Å². The average Bonchev–Trinajstić information content (AvgIpc) is 2.50. The Morgan fingerprint density at radius 2 is 1.71 bits per heavy atom. The molecule has 1 unspecified atom stereocenters. The molecule has 0 aromatic heterocycles. The van der Waals surface area contributed by atoms with E-state index < -0.39 is 5.41 Å². The van der Waals surface area contributed by atoms with Crippen molar-refractivity contribution in [2.45, 2.75) is 31.1 Å². The van der Waals surface area contributed by atoms with E-state index in [0.29, 0.717) is 5.56 Å². The molecule has 0 amide bonds. The van der Waals surface area contributed by atoms with Crippen molar-refractivity contribution < 1.29 is 19.1 Å². The fourth-order valence-electron chi connectivity index (χ4n) is 1.48. The Bertz CT molecular complexity index is 470. The average molecular weight is 404 g/mol. The zero-order chi connectivity index (χ0) is 15.9. The number of halogens is 1. The predicted octanol–water partition coefficient (Wildman–Crippen LogP) is 3.63. The Morgan fingerprint density at radius 1 is 1.14 bits per heavy atom. The van der Waals surface area contributed by atoms with Gasteiger partial charge in [-0.1, -0.05) is 61.6 Å². The van der Waals surface area contributed by atoms with Crippen LogP contribution in [0.5, 0.6) is 0 Å². The third-order valence-corrected chi connectivity index (χ3v) is 4.21. The summed E-state index contributed by atoms with van der Waals surface area (Å²) in [6, 6.07) is 8.83. The summed E-state index contributed by atoms with van der Waals surface area (Å²) in [7, 11) is 0. The molecule has 116 valence electrons. The predicted molar refractivity (Wildman–Crippen MR) is 89.6 cm³/mol. The third-order valence-electron chi connectivity index (χ3n) is 2.82. The highest BCUT2D eigenvalue weighted by molar-refractivity contribution is 14.1. The van der Waals surface area contributed by atoms with Crippen molar-refractivity contribution in [3.8, 4) is 0 Å². The molecule has 0 saturated heterocycles. The Hall–Kier alpha value is -1.11. The van der Waals surface area contributed by atoms with Crippen molar-refractivity contribution in [2.24, 2.45) is 5.41 Å². The monoisotopic (exact) mass is 404 g/mol. The number of carbonyl (C=O) groups is 2. The van der Waals surface area contributed by atoms with Crippen LogP contribution in [0.25, 0.3) is 0 Å². The molecule has 0 aliphatic carbocycles. The number of carbonyl (C=O) groups excluding carboxylic acids is 2. The van der Waals surface area contributed by atoms with Gasteiger partial charge in [-0.25, -0.2) is 4.79 Å². The van der Waals surface area contributed by atoms with Crippen molar-refractivity contribution >= 4 is 34.5 Å². The second-order valence-corrected chi connectivity index (χ2v) is 7.09. The Morgan fingerprint density at radius 3 is 2.29 bits per heavy atom. The van der Waals surface area contributed by atoms with Gasteiger partial charge < -0.3 is 9.47 Å². The zero-order valence-electron chi connectivity index (χ0n) is 12.6. The van der Waals surface area contributed by atoms with E-state index in [-0.39, 0.29) is 29.1 Å². The van der Waals surface area contributed by atoms with Gasteiger partial charge in [0, 0.05) is 5.41 Å². The Labute approximate surface area is 139 Å². The van der Waals surface area contributed by atoms with Gasteiger partial charge in [0.2, 0.25) is 0 Å². The largest absolute Gasteiger partial charge is 0.464 e. The van der Waals surface area contributed by atoms with Gasteiger partial charge in [0.25, 0.3) is 0 Å². The van der Waals surface area contributed by atoms with Crippen molar-refractivity contribution in [1.82, 2.24) is 0 Å². The first kappa shape index (κ1) is 17.9. The Balaban J connectivity index is 2.42. The maximum absolute atomic E-state index is 11.9. The molecule has 1 aromatic carbocycles. The molecule has 1 aromatic rings. The topological polar surface area (TPSA) is 52.6 Å². The van der Waals surface area contributed by atoms with Crippen LogP contribution in [0.4, 0.5) is 0 Å². The fourth-order valence-corrected chi connectivity index (χ4v) is 1.66. The summed E-state index contributed by atoms with van der Waals surface area (Å²) >= 11 is 2.06. The van der Waals surface area contributed by atoms with Crippen molar-refractivity contribution in [2.75, 3.05) is 13.2 Å². The standard InChI is InChI=1S/C16H21IO4/c1-4-13(17)15(19)21-11-16(2,3)10-20-14(18)12-8-6-5-7-9-12/h5-9,13H,4,10-11H2,1-3H3. The zero-order valence-corrected chi connectivity index (χ0v) is 14.8. The second-order valence-electron chi connectivity index (χ2n) is 5.59. The lowest BCUT2D eigenvalue weighted by Crippen LogP contribution is -2.30. The summed E-state index contributed by atoms with van der Waals surface area (Å²) in [5.74, 6) is -0.587. The highest BCUT2D eigenvalue weighted by atomic mass is 127. The molecule has 21 heavy (non-hydrogen) atoms. The lowest BCUT2D eigenvalue weighted by atomic mass is 9.96. The van der Waals surface area contributed by atoms with Crippen LogP contribution in [0.15, 0.2) is 30.3 Å². The summed E-state index contributed by atoms with van der Waals surface area (Å²) in [6.45, 7) is 6.16. The van der Waals surface area contributed by atoms with E-state index in [4.69, 9.17) is 9.47 Å². The molecular weight excluding hydrogens is 383 g/mol. The molecule has 0 radical (unpaired) electrons. The van der Waals surface area contributed by atoms with Crippen LogP contribution >= 0.6 is 22.6 Å². The minimum atomic E-state index is -0.412. The maximum atomic E-state index is 11.9. The van der Waals surface area contributed by atoms with Crippen LogP contribution in [0.3, 0.4) is 0 Å². The summed E-state index contributed by atoms with van der Waals surface area (Å²) in [6.07, 6.45) is 0.739. The molecule has 0 aliphatic heterocycles. The highest BCUT2D eigenvalue weighted by Crippen LogP contribution is 2.18. The number of alkyl halides is 1. The molecule has 0 fully saturated rings. The third kappa shape index (κ3) is 6.46. The van der Waals surface area contributed by atoms with E-state index >= 15 is 0 Å². The maximum Gasteiger partial charge on any atom is 0.338 e. The first-order valence-electron chi connectivity index (χ1n) is 6.88. The normalized spacial score (nSPS) is 12.6. The molecule has 1 atom stereocenters. The van der Waals surface area contributed by atoms with Gasteiger partial charge >= 0.3 is 11.9 Å². The number of hydrogen-bond donors (Lipinski definition) is 0. The van der Waals surface area contributed by atoms with Crippen molar-refractivity contribution in [3.05, 3.63) is 35.9 Å². The Kier molecular flexibility index (Phi) is 7.14. The smallest absolute Gasteiger partial charge is 0.338 e. The van der Waals surface area contributed by atoms with Crippen LogP contribution < -0.4 is 0 Å². The van der Waals surface area contributed by atoms with Gasteiger partial charge in [-0.3, -0.25) is 4.79 Å². The minimum Gasteiger partial charge on any atom is -0.464 e. The lowest BCUT2D eigenvalue weighted by molar-refractivity contribution is -0.146. The van der Waals surface area contributed by atoms with Gasteiger partial charge in [-0.2, -0.15) is 0 Å². The van der Waals surface area contributed by atoms with E-state index in [0.717, 1.165) is 6.42 Å². The van der Waals surface area contributed by atoms with Crippen LogP contribution in [-0.4, -0.2) is 29.1 Å². The molecule has 5 heteroatoms. The second kappa shape index (κ2) is 8.36. The van der Waals surface area contributed by atoms with Gasteiger partial charge in [0.1, 0.15) is 3.92 Å². The SMILES string of the molecule is CCC(I)C(=O)OCC(C)(C)COC(=O)c1ccccc1. The molecule has 0 heterocycles. The first-order valence-corrected chi connectivity index (χ1v) is 8.13. The van der Waals surface area contributed by atoms with Crippen LogP contribution in [-0.2, 0) is 14.3 Å². The molecule has 0 saturated carbocycles. The molecule has 0 bridgehead atoms. The highest BCUT2D eigenvalue weighted by Gasteiger charge is 2.24. The number of esters is 2. The summed E-state index contributed by atoms with van der Waals surface area (Å²) < 4.78 is 10.4. The molecule has 4 nitrogen and oxygen atoms in total. The van der Waals surface area contributed by atoms with Gasteiger partial charge in [0.15, 0.2) is 0 Å². The van der Waals surface area contributed by atoms with Crippen molar-refractivity contribution in [3.63, 3.8) is 0 Å². The van der Waals surface area contributed by atoms with E-state index in [1.165, 1.54) is 0 Å². The minimum absolute atomic E-state index is 0.134. The molecule has 0 N–H and O–H groups in total. The van der Waals surface area contributed by atoms with E-state index in [1.54, 1.807) is 24.3 Å². The number of ether oxygens (including phenoxy) is 2. The molecule has 0 aliphatic rings. The van der Waals surface area contributed by atoms with Crippen LogP contribution in [0.1, 0.15) is 37.6 Å². The summed E-state index contributed by atoms with van der Waals surface area (Å²) in [5, 5.41) is 0.